The zero-order valence-electron chi connectivity index (χ0n) is 6.55. The number of Topliss-reactive ketones (excluding diaryl/α,β-unsaturated/α-hetero) is 1. The highest BCUT2D eigenvalue weighted by Gasteiger charge is 2.11. The summed E-state index contributed by atoms with van der Waals surface area (Å²) < 4.78 is 0. The van der Waals surface area contributed by atoms with Gasteiger partial charge in [-0.1, -0.05) is 6.92 Å². The van der Waals surface area contributed by atoms with E-state index >= 15 is 0 Å². The molecule has 0 aromatic rings. The van der Waals surface area contributed by atoms with Gasteiger partial charge in [-0.25, -0.2) is 0 Å². The summed E-state index contributed by atoms with van der Waals surface area (Å²) in [5, 5.41) is 2.96. The van der Waals surface area contributed by atoms with Crippen molar-refractivity contribution in [3.63, 3.8) is 0 Å². The molecule has 0 aliphatic carbocycles. The van der Waals surface area contributed by atoms with Gasteiger partial charge in [-0.15, -0.1) is 0 Å². The molecule has 1 atom stereocenters. The van der Waals surface area contributed by atoms with E-state index in [4.69, 9.17) is 0 Å². The molecule has 0 bridgehead atoms. The van der Waals surface area contributed by atoms with Crippen LogP contribution < -0.4 is 5.32 Å². The molecule has 0 aromatic carbocycles. The van der Waals surface area contributed by atoms with Crippen LogP contribution >= 0.6 is 12.6 Å². The minimum Gasteiger partial charge on any atom is -0.311 e. The molecule has 0 radical (unpaired) electrons. The number of thiol groups is 1. The maximum absolute atomic E-state index is 11.0. The third-order valence-corrected chi connectivity index (χ3v) is 1.76. The number of hydrogen-bond acceptors (Lipinski definition) is 3. The van der Waals surface area contributed by atoms with E-state index in [1.54, 1.807) is 0 Å². The Hall–Kier alpha value is -0.0200. The molecule has 0 saturated heterocycles. The first kappa shape index (κ1) is 9.98. The summed E-state index contributed by atoms with van der Waals surface area (Å²) in [6.45, 7) is 1.88. The topological polar surface area (TPSA) is 29.1 Å². The Morgan fingerprint density at radius 3 is 2.60 bits per heavy atom. The predicted molar refractivity (Wildman–Crippen MR) is 46.6 cm³/mol. The smallest absolute Gasteiger partial charge is 0.149 e. The SMILES string of the molecule is CCC(=O)[C@H](CCS)NC. The lowest BCUT2D eigenvalue weighted by Crippen LogP contribution is -2.33. The van der Waals surface area contributed by atoms with Gasteiger partial charge in [-0.3, -0.25) is 4.79 Å². The van der Waals surface area contributed by atoms with Crippen molar-refractivity contribution < 1.29 is 4.79 Å². The van der Waals surface area contributed by atoms with Crippen LogP contribution in [0.25, 0.3) is 0 Å². The van der Waals surface area contributed by atoms with Gasteiger partial charge in [-0.2, -0.15) is 12.6 Å². The lowest BCUT2D eigenvalue weighted by molar-refractivity contribution is -0.120. The van der Waals surface area contributed by atoms with Crippen molar-refractivity contribution in [1.29, 1.82) is 0 Å². The second-order valence-corrected chi connectivity index (χ2v) is 2.62. The molecule has 0 aromatic heterocycles. The third-order valence-electron chi connectivity index (χ3n) is 1.50. The van der Waals surface area contributed by atoms with Gasteiger partial charge in [0.2, 0.25) is 0 Å². The van der Waals surface area contributed by atoms with Gasteiger partial charge in [-0.05, 0) is 19.2 Å². The minimum absolute atomic E-state index is 0.0162. The summed E-state index contributed by atoms with van der Waals surface area (Å²) in [4.78, 5) is 11.0. The van der Waals surface area contributed by atoms with Crippen molar-refractivity contribution >= 4 is 18.4 Å². The summed E-state index contributed by atoms with van der Waals surface area (Å²) in [5.74, 6) is 1.04. The van der Waals surface area contributed by atoms with Crippen LogP contribution in [0, 0.1) is 0 Å². The maximum atomic E-state index is 11.0. The molecule has 10 heavy (non-hydrogen) atoms. The quantitative estimate of drug-likeness (QED) is 0.586. The molecular formula is C7H15NOS. The molecule has 1 N–H and O–H groups in total. The number of carbonyl (C=O) groups is 1. The second-order valence-electron chi connectivity index (χ2n) is 2.17. The molecular weight excluding hydrogens is 146 g/mol. The van der Waals surface area contributed by atoms with E-state index in [-0.39, 0.29) is 11.8 Å². The fourth-order valence-corrected chi connectivity index (χ4v) is 1.10. The number of rotatable bonds is 5. The highest BCUT2D eigenvalue weighted by molar-refractivity contribution is 7.80. The zero-order chi connectivity index (χ0) is 7.98. The Balaban J connectivity index is 3.68. The molecule has 0 spiro atoms. The van der Waals surface area contributed by atoms with Crippen molar-refractivity contribution in [2.75, 3.05) is 12.8 Å². The molecule has 0 aliphatic heterocycles. The Morgan fingerprint density at radius 1 is 1.70 bits per heavy atom. The summed E-state index contributed by atoms with van der Waals surface area (Å²) in [5.41, 5.74) is 0. The lowest BCUT2D eigenvalue weighted by atomic mass is 10.1. The van der Waals surface area contributed by atoms with E-state index in [0.717, 1.165) is 12.2 Å². The molecule has 0 fully saturated rings. The first-order chi connectivity index (χ1) is 4.76. The van der Waals surface area contributed by atoms with Crippen LogP contribution in [-0.4, -0.2) is 24.6 Å². The monoisotopic (exact) mass is 161 g/mol. The van der Waals surface area contributed by atoms with Crippen molar-refractivity contribution in [3.8, 4) is 0 Å². The van der Waals surface area contributed by atoms with Crippen molar-refractivity contribution in [3.05, 3.63) is 0 Å². The van der Waals surface area contributed by atoms with Crippen molar-refractivity contribution in [2.24, 2.45) is 0 Å². The summed E-state index contributed by atoms with van der Waals surface area (Å²) in [6, 6.07) is 0.0162. The van der Waals surface area contributed by atoms with Gasteiger partial charge in [0.05, 0.1) is 6.04 Å². The van der Waals surface area contributed by atoms with Gasteiger partial charge >= 0.3 is 0 Å². The van der Waals surface area contributed by atoms with Gasteiger partial charge in [0, 0.05) is 6.42 Å². The Morgan fingerprint density at radius 2 is 2.30 bits per heavy atom. The first-order valence-corrected chi connectivity index (χ1v) is 4.20. The molecule has 0 unspecified atom stereocenters. The van der Waals surface area contributed by atoms with E-state index in [1.807, 2.05) is 14.0 Å². The van der Waals surface area contributed by atoms with Gasteiger partial charge < -0.3 is 5.32 Å². The summed E-state index contributed by atoms with van der Waals surface area (Å²) >= 11 is 4.06. The zero-order valence-corrected chi connectivity index (χ0v) is 7.45. The first-order valence-electron chi connectivity index (χ1n) is 3.57. The van der Waals surface area contributed by atoms with E-state index in [0.29, 0.717) is 6.42 Å². The van der Waals surface area contributed by atoms with Crippen molar-refractivity contribution in [1.82, 2.24) is 5.32 Å². The second kappa shape index (κ2) is 5.74. The highest BCUT2D eigenvalue weighted by atomic mass is 32.1. The highest BCUT2D eigenvalue weighted by Crippen LogP contribution is 1.97. The summed E-state index contributed by atoms with van der Waals surface area (Å²) in [7, 11) is 1.81. The molecule has 0 amide bonds. The van der Waals surface area contributed by atoms with E-state index in [1.165, 1.54) is 0 Å². The Labute approximate surface area is 67.8 Å². The maximum Gasteiger partial charge on any atom is 0.149 e. The number of likely N-dealkylation sites (N-methyl/N-ethyl adjacent to an activating group) is 1. The number of ketones is 1. The van der Waals surface area contributed by atoms with Crippen LogP contribution in [-0.2, 0) is 4.79 Å². The molecule has 0 aliphatic rings. The molecule has 0 heterocycles. The van der Waals surface area contributed by atoms with Crippen LogP contribution in [0.1, 0.15) is 19.8 Å². The standard InChI is InChI=1S/C7H15NOS/c1-3-7(9)6(8-2)4-5-10/h6,8,10H,3-5H2,1-2H3/t6-/m0/s1. The fraction of sp³-hybridized carbons (Fsp3) is 0.857. The van der Waals surface area contributed by atoms with Crippen LogP contribution in [0.4, 0.5) is 0 Å². The fourth-order valence-electron chi connectivity index (χ4n) is 0.842. The molecule has 3 heteroatoms. The number of nitrogens with one attached hydrogen (secondary N) is 1. The van der Waals surface area contributed by atoms with E-state index in [2.05, 4.69) is 17.9 Å². The van der Waals surface area contributed by atoms with Gasteiger partial charge in [0.1, 0.15) is 5.78 Å². The summed E-state index contributed by atoms with van der Waals surface area (Å²) in [6.07, 6.45) is 1.44. The van der Waals surface area contributed by atoms with E-state index in [9.17, 15) is 4.79 Å². The van der Waals surface area contributed by atoms with Gasteiger partial charge in [0.25, 0.3) is 0 Å². The minimum atomic E-state index is 0.0162. The Kier molecular flexibility index (Phi) is 5.73. The third kappa shape index (κ3) is 3.22. The van der Waals surface area contributed by atoms with Crippen LogP contribution in [0.3, 0.4) is 0 Å². The molecule has 2 nitrogen and oxygen atoms in total. The normalized spacial score (nSPS) is 13.1. The van der Waals surface area contributed by atoms with Crippen LogP contribution in [0.15, 0.2) is 0 Å². The largest absolute Gasteiger partial charge is 0.311 e. The van der Waals surface area contributed by atoms with E-state index < -0.39 is 0 Å². The Bertz CT molecular complexity index is 106. The molecule has 0 saturated carbocycles. The number of carbonyl (C=O) groups excluding carboxylic acids is 1. The van der Waals surface area contributed by atoms with Crippen LogP contribution in [0.2, 0.25) is 0 Å². The van der Waals surface area contributed by atoms with Crippen LogP contribution in [0.5, 0.6) is 0 Å². The number of hydrogen-bond donors (Lipinski definition) is 2. The average molecular weight is 161 g/mol. The van der Waals surface area contributed by atoms with Crippen molar-refractivity contribution in [2.45, 2.75) is 25.8 Å². The van der Waals surface area contributed by atoms with Gasteiger partial charge in [0.15, 0.2) is 0 Å². The average Bonchev–Trinajstić information content (AvgIpc) is 1.99. The molecule has 0 rings (SSSR count). The lowest BCUT2D eigenvalue weighted by Gasteiger charge is -2.11. The molecule has 60 valence electrons. The predicted octanol–water partition coefficient (Wildman–Crippen LogP) is 0.873.